The van der Waals surface area contributed by atoms with Crippen molar-refractivity contribution in [2.75, 3.05) is 39.8 Å². The number of hydrogen-bond donors (Lipinski definition) is 1. The predicted molar refractivity (Wildman–Crippen MR) is 65.9 cm³/mol. The second-order valence-corrected chi connectivity index (χ2v) is 4.51. The van der Waals surface area contributed by atoms with Gasteiger partial charge in [0.05, 0.1) is 7.11 Å². The van der Waals surface area contributed by atoms with Gasteiger partial charge in [-0.05, 0) is 6.42 Å². The van der Waals surface area contributed by atoms with Gasteiger partial charge in [0.2, 0.25) is 0 Å². The van der Waals surface area contributed by atoms with E-state index in [0.717, 1.165) is 32.2 Å². The van der Waals surface area contributed by atoms with Crippen LogP contribution in [0.25, 0.3) is 0 Å². The quantitative estimate of drug-likeness (QED) is 0.843. The molecule has 1 aliphatic rings. The molecule has 2 rings (SSSR count). The van der Waals surface area contributed by atoms with Crippen LogP contribution in [-0.2, 0) is 6.42 Å². The summed E-state index contributed by atoms with van der Waals surface area (Å²) >= 11 is 0. The van der Waals surface area contributed by atoms with Crippen molar-refractivity contribution in [3.05, 3.63) is 29.1 Å². The zero-order valence-corrected chi connectivity index (χ0v) is 10.8. The first kappa shape index (κ1) is 14.1. The van der Waals surface area contributed by atoms with E-state index in [9.17, 15) is 13.2 Å². The van der Waals surface area contributed by atoms with Crippen molar-refractivity contribution >= 4 is 0 Å². The lowest BCUT2D eigenvalue weighted by atomic mass is 10.1. The molecule has 0 atom stereocenters. The molecule has 0 spiro atoms. The van der Waals surface area contributed by atoms with Crippen molar-refractivity contribution in [3.8, 4) is 5.75 Å². The van der Waals surface area contributed by atoms with Gasteiger partial charge in [0, 0.05) is 44.4 Å². The van der Waals surface area contributed by atoms with Crippen molar-refractivity contribution < 1.29 is 17.9 Å². The van der Waals surface area contributed by atoms with Crippen LogP contribution in [0.15, 0.2) is 6.07 Å². The number of nitrogens with zero attached hydrogens (tertiary/aromatic N) is 1. The van der Waals surface area contributed by atoms with Gasteiger partial charge in [0.25, 0.3) is 0 Å². The zero-order valence-electron chi connectivity index (χ0n) is 10.8. The van der Waals surface area contributed by atoms with Crippen LogP contribution in [0.1, 0.15) is 5.56 Å². The standard InChI is InChI=1S/C13H17F3N2O/c1-19-11-8-10(14)12(15)9(13(11)16)2-5-18-6-3-17-4-7-18/h8,17H,2-7H2,1H3. The van der Waals surface area contributed by atoms with Crippen molar-refractivity contribution in [1.29, 1.82) is 0 Å². The van der Waals surface area contributed by atoms with E-state index in [1.165, 1.54) is 7.11 Å². The van der Waals surface area contributed by atoms with E-state index in [4.69, 9.17) is 4.74 Å². The Bertz CT molecular complexity index is 448. The van der Waals surface area contributed by atoms with Crippen LogP contribution >= 0.6 is 0 Å². The Balaban J connectivity index is 2.12. The van der Waals surface area contributed by atoms with Crippen molar-refractivity contribution in [2.45, 2.75) is 6.42 Å². The lowest BCUT2D eigenvalue weighted by molar-refractivity contribution is 0.241. The molecule has 1 N–H and O–H groups in total. The Morgan fingerprint density at radius 3 is 2.53 bits per heavy atom. The van der Waals surface area contributed by atoms with E-state index in [0.29, 0.717) is 6.54 Å². The fraction of sp³-hybridized carbons (Fsp3) is 0.538. The Morgan fingerprint density at radius 1 is 1.21 bits per heavy atom. The highest BCUT2D eigenvalue weighted by molar-refractivity contribution is 5.33. The lowest BCUT2D eigenvalue weighted by Crippen LogP contribution is -2.44. The van der Waals surface area contributed by atoms with Gasteiger partial charge in [-0.3, -0.25) is 0 Å². The molecule has 1 saturated heterocycles. The van der Waals surface area contributed by atoms with Crippen LogP contribution in [0.3, 0.4) is 0 Å². The maximum atomic E-state index is 13.9. The number of ether oxygens (including phenoxy) is 1. The summed E-state index contributed by atoms with van der Waals surface area (Å²) < 4.78 is 45.6. The summed E-state index contributed by atoms with van der Waals surface area (Å²) in [6, 6.07) is 0.735. The van der Waals surface area contributed by atoms with Gasteiger partial charge < -0.3 is 15.0 Å². The number of hydrogen-bond acceptors (Lipinski definition) is 3. The molecule has 1 aliphatic heterocycles. The van der Waals surface area contributed by atoms with Gasteiger partial charge in [0.1, 0.15) is 0 Å². The van der Waals surface area contributed by atoms with Crippen molar-refractivity contribution in [1.82, 2.24) is 10.2 Å². The third-order valence-electron chi connectivity index (χ3n) is 3.32. The number of methoxy groups -OCH3 is 1. The smallest absolute Gasteiger partial charge is 0.171 e. The average Bonchev–Trinajstić information content (AvgIpc) is 2.44. The van der Waals surface area contributed by atoms with E-state index in [-0.39, 0.29) is 17.7 Å². The molecule has 0 aromatic heterocycles. The third kappa shape index (κ3) is 3.19. The molecule has 106 valence electrons. The van der Waals surface area contributed by atoms with Gasteiger partial charge >= 0.3 is 0 Å². The van der Waals surface area contributed by atoms with Crippen LogP contribution in [0.2, 0.25) is 0 Å². The third-order valence-corrected chi connectivity index (χ3v) is 3.32. The van der Waals surface area contributed by atoms with Gasteiger partial charge in [-0.1, -0.05) is 0 Å². The monoisotopic (exact) mass is 274 g/mol. The van der Waals surface area contributed by atoms with Gasteiger partial charge in [0.15, 0.2) is 23.2 Å². The van der Waals surface area contributed by atoms with Crippen LogP contribution in [0, 0.1) is 17.5 Å². The van der Waals surface area contributed by atoms with Gasteiger partial charge in [-0.25, -0.2) is 13.2 Å². The molecule has 1 aromatic rings. The number of nitrogens with one attached hydrogen (secondary N) is 1. The molecule has 0 aliphatic carbocycles. The van der Waals surface area contributed by atoms with Crippen LogP contribution in [-0.4, -0.2) is 44.7 Å². The maximum absolute atomic E-state index is 13.9. The summed E-state index contributed by atoms with van der Waals surface area (Å²) in [5.41, 5.74) is -0.240. The van der Waals surface area contributed by atoms with Gasteiger partial charge in [-0.2, -0.15) is 0 Å². The maximum Gasteiger partial charge on any atom is 0.171 e. The van der Waals surface area contributed by atoms with Gasteiger partial charge in [-0.15, -0.1) is 0 Å². The molecule has 1 fully saturated rings. The minimum atomic E-state index is -1.12. The number of benzene rings is 1. The summed E-state index contributed by atoms with van der Waals surface area (Å²) in [5.74, 6) is -3.26. The van der Waals surface area contributed by atoms with E-state index in [2.05, 4.69) is 10.2 Å². The highest BCUT2D eigenvalue weighted by Gasteiger charge is 2.20. The molecule has 19 heavy (non-hydrogen) atoms. The van der Waals surface area contributed by atoms with Crippen molar-refractivity contribution in [3.63, 3.8) is 0 Å². The molecule has 0 amide bonds. The van der Waals surface area contributed by atoms with E-state index in [1.54, 1.807) is 0 Å². The molecule has 6 heteroatoms. The molecule has 0 unspecified atom stereocenters. The van der Waals surface area contributed by atoms with Crippen LogP contribution < -0.4 is 10.1 Å². The minimum Gasteiger partial charge on any atom is -0.494 e. The number of piperazine rings is 1. The lowest BCUT2D eigenvalue weighted by Gasteiger charge is -2.27. The molecule has 3 nitrogen and oxygen atoms in total. The van der Waals surface area contributed by atoms with Crippen LogP contribution in [0.5, 0.6) is 5.75 Å². The first-order chi connectivity index (χ1) is 9.13. The Kier molecular flexibility index (Phi) is 4.66. The van der Waals surface area contributed by atoms with E-state index < -0.39 is 17.5 Å². The topological polar surface area (TPSA) is 24.5 Å². The Morgan fingerprint density at radius 2 is 1.89 bits per heavy atom. The highest BCUT2D eigenvalue weighted by Crippen LogP contribution is 2.26. The first-order valence-corrected chi connectivity index (χ1v) is 6.27. The number of rotatable bonds is 4. The van der Waals surface area contributed by atoms with E-state index >= 15 is 0 Å². The van der Waals surface area contributed by atoms with Crippen LogP contribution in [0.4, 0.5) is 13.2 Å². The molecular formula is C13H17F3N2O. The Labute approximate surface area is 110 Å². The average molecular weight is 274 g/mol. The summed E-state index contributed by atoms with van der Waals surface area (Å²) in [5, 5.41) is 3.19. The molecule has 0 radical (unpaired) electrons. The summed E-state index contributed by atoms with van der Waals surface area (Å²) in [4.78, 5) is 2.09. The summed E-state index contributed by atoms with van der Waals surface area (Å²) in [6.45, 7) is 3.88. The first-order valence-electron chi connectivity index (χ1n) is 6.27. The van der Waals surface area contributed by atoms with E-state index in [1.807, 2.05) is 0 Å². The second-order valence-electron chi connectivity index (χ2n) is 4.51. The summed E-state index contributed by atoms with van der Waals surface area (Å²) in [6.07, 6.45) is 0.131. The summed E-state index contributed by atoms with van der Waals surface area (Å²) in [7, 11) is 1.23. The normalized spacial score (nSPS) is 16.6. The SMILES string of the molecule is COc1cc(F)c(F)c(CCN2CCNCC2)c1F. The Hall–Kier alpha value is -1.27. The molecule has 0 bridgehead atoms. The fourth-order valence-corrected chi connectivity index (χ4v) is 2.20. The largest absolute Gasteiger partial charge is 0.494 e. The minimum absolute atomic E-state index is 0.131. The fourth-order valence-electron chi connectivity index (χ4n) is 2.20. The molecule has 1 aromatic carbocycles. The molecule has 1 heterocycles. The second kappa shape index (κ2) is 6.25. The van der Waals surface area contributed by atoms with Crippen molar-refractivity contribution in [2.24, 2.45) is 0 Å². The molecular weight excluding hydrogens is 257 g/mol. The zero-order chi connectivity index (χ0) is 13.8. The highest BCUT2D eigenvalue weighted by atomic mass is 19.2. The number of halogens is 3. The predicted octanol–water partition coefficient (Wildman–Crippen LogP) is 1.56. The molecule has 0 saturated carbocycles.